The summed E-state index contributed by atoms with van der Waals surface area (Å²) in [4.78, 5) is 11.8. The largest absolute Gasteiger partial charge is 0.491 e. The van der Waals surface area contributed by atoms with Gasteiger partial charge in [0.2, 0.25) is 5.91 Å². The molecule has 0 radical (unpaired) electrons. The number of rotatable bonds is 4. The van der Waals surface area contributed by atoms with Gasteiger partial charge < -0.3 is 15.8 Å². The Morgan fingerprint density at radius 3 is 2.61 bits per heavy atom. The highest BCUT2D eigenvalue weighted by Crippen LogP contribution is 2.34. The number of ether oxygens (including phenoxy) is 1. The second-order valence-electron chi connectivity index (χ2n) is 5.25. The van der Waals surface area contributed by atoms with Crippen molar-refractivity contribution in [3.63, 3.8) is 0 Å². The van der Waals surface area contributed by atoms with Crippen LogP contribution in [0.15, 0.2) is 18.2 Å². The van der Waals surface area contributed by atoms with E-state index in [4.69, 9.17) is 10.5 Å². The van der Waals surface area contributed by atoms with Gasteiger partial charge in [0.15, 0.2) is 0 Å². The number of aryl methyl sites for hydroxylation is 1. The van der Waals surface area contributed by atoms with Crippen LogP contribution in [0.5, 0.6) is 5.75 Å². The topological polar surface area (TPSA) is 64.3 Å². The molecule has 0 heterocycles. The summed E-state index contributed by atoms with van der Waals surface area (Å²) in [6.07, 6.45) is 1.68. The first-order valence-electron chi connectivity index (χ1n) is 6.28. The zero-order valence-electron chi connectivity index (χ0n) is 11.1. The van der Waals surface area contributed by atoms with E-state index in [2.05, 4.69) is 5.32 Å². The van der Waals surface area contributed by atoms with Crippen molar-refractivity contribution in [2.24, 2.45) is 5.73 Å². The molecular formula is C14H20N2O2. The van der Waals surface area contributed by atoms with E-state index >= 15 is 0 Å². The molecule has 1 aliphatic rings. The molecule has 1 aromatic rings. The lowest BCUT2D eigenvalue weighted by Crippen LogP contribution is -2.37. The van der Waals surface area contributed by atoms with Crippen LogP contribution in [0.2, 0.25) is 0 Å². The highest BCUT2D eigenvalue weighted by atomic mass is 16.5. The van der Waals surface area contributed by atoms with Crippen LogP contribution in [-0.4, -0.2) is 17.6 Å². The zero-order valence-corrected chi connectivity index (χ0v) is 11.1. The van der Waals surface area contributed by atoms with Crippen LogP contribution < -0.4 is 15.8 Å². The Hall–Kier alpha value is -1.55. The number of hydrogen-bond acceptors (Lipinski definition) is 3. The van der Waals surface area contributed by atoms with Crippen LogP contribution in [0.4, 0.5) is 5.69 Å². The van der Waals surface area contributed by atoms with Gasteiger partial charge in [-0.2, -0.15) is 0 Å². The molecule has 98 valence electrons. The van der Waals surface area contributed by atoms with Crippen LogP contribution in [-0.2, 0) is 4.79 Å². The quantitative estimate of drug-likeness (QED) is 0.858. The second kappa shape index (κ2) is 4.61. The molecule has 4 heteroatoms. The highest BCUT2D eigenvalue weighted by Gasteiger charge is 2.46. The van der Waals surface area contributed by atoms with Gasteiger partial charge in [0.25, 0.3) is 0 Å². The Bertz CT molecular complexity index is 465. The predicted molar refractivity (Wildman–Crippen MR) is 71.7 cm³/mol. The molecule has 0 unspecified atom stereocenters. The molecule has 4 nitrogen and oxygen atoms in total. The van der Waals surface area contributed by atoms with Crippen molar-refractivity contribution >= 4 is 11.6 Å². The Morgan fingerprint density at radius 1 is 1.44 bits per heavy atom. The van der Waals surface area contributed by atoms with E-state index in [-0.39, 0.29) is 12.0 Å². The molecule has 1 aliphatic carbocycles. The first-order chi connectivity index (χ1) is 8.40. The Balaban J connectivity index is 2.07. The minimum Gasteiger partial charge on any atom is -0.491 e. The average Bonchev–Trinajstić information content (AvgIpc) is 3.01. The third-order valence-electron chi connectivity index (χ3n) is 3.06. The standard InChI is InChI=1S/C14H20N2O2/c1-9(2)18-11-4-5-12(10(3)8-11)16-13(17)14(15)6-7-14/h4-5,8-9H,6-7,15H2,1-3H3,(H,16,17). The lowest BCUT2D eigenvalue weighted by Gasteiger charge is -2.15. The molecule has 0 saturated heterocycles. The predicted octanol–water partition coefficient (Wildman–Crippen LogP) is 2.21. The average molecular weight is 248 g/mol. The van der Waals surface area contributed by atoms with Gasteiger partial charge in [-0.05, 0) is 57.4 Å². The molecule has 0 aliphatic heterocycles. The summed E-state index contributed by atoms with van der Waals surface area (Å²) >= 11 is 0. The third-order valence-corrected chi connectivity index (χ3v) is 3.06. The van der Waals surface area contributed by atoms with Crippen LogP contribution in [0, 0.1) is 6.92 Å². The molecule has 1 saturated carbocycles. The third kappa shape index (κ3) is 2.82. The fourth-order valence-electron chi connectivity index (χ4n) is 1.73. The van der Waals surface area contributed by atoms with Crippen LogP contribution in [0.3, 0.4) is 0 Å². The van der Waals surface area contributed by atoms with E-state index in [0.717, 1.165) is 29.8 Å². The molecular weight excluding hydrogens is 228 g/mol. The van der Waals surface area contributed by atoms with Crippen molar-refractivity contribution in [1.82, 2.24) is 0 Å². The summed E-state index contributed by atoms with van der Waals surface area (Å²) in [7, 11) is 0. The van der Waals surface area contributed by atoms with Gasteiger partial charge in [-0.15, -0.1) is 0 Å². The van der Waals surface area contributed by atoms with E-state index in [9.17, 15) is 4.79 Å². The number of nitrogens with two attached hydrogens (primary N) is 1. The lowest BCUT2D eigenvalue weighted by atomic mass is 10.1. The maximum atomic E-state index is 11.8. The molecule has 2 rings (SSSR count). The molecule has 1 fully saturated rings. The van der Waals surface area contributed by atoms with Crippen molar-refractivity contribution in [2.75, 3.05) is 5.32 Å². The van der Waals surface area contributed by atoms with Crippen molar-refractivity contribution in [1.29, 1.82) is 0 Å². The number of anilines is 1. The molecule has 3 N–H and O–H groups in total. The number of amides is 1. The summed E-state index contributed by atoms with van der Waals surface area (Å²) in [6.45, 7) is 5.91. The van der Waals surface area contributed by atoms with E-state index in [0.29, 0.717) is 0 Å². The zero-order chi connectivity index (χ0) is 13.3. The Labute approximate surface area is 108 Å². The van der Waals surface area contributed by atoms with Gasteiger partial charge in [-0.25, -0.2) is 0 Å². The Kier molecular flexibility index (Phi) is 3.30. The van der Waals surface area contributed by atoms with E-state index in [1.165, 1.54) is 0 Å². The second-order valence-corrected chi connectivity index (χ2v) is 5.25. The number of carbonyl (C=O) groups is 1. The monoisotopic (exact) mass is 248 g/mol. The van der Waals surface area contributed by atoms with Crippen molar-refractivity contribution in [3.8, 4) is 5.75 Å². The van der Waals surface area contributed by atoms with Crippen molar-refractivity contribution in [2.45, 2.75) is 45.3 Å². The maximum absolute atomic E-state index is 11.8. The first-order valence-corrected chi connectivity index (χ1v) is 6.28. The minimum absolute atomic E-state index is 0.0943. The molecule has 0 aromatic heterocycles. The van der Waals surface area contributed by atoms with E-state index in [1.807, 2.05) is 39.0 Å². The van der Waals surface area contributed by atoms with Gasteiger partial charge >= 0.3 is 0 Å². The number of benzene rings is 1. The smallest absolute Gasteiger partial charge is 0.244 e. The molecule has 0 atom stereocenters. The summed E-state index contributed by atoms with van der Waals surface area (Å²) in [5, 5.41) is 2.87. The SMILES string of the molecule is Cc1cc(OC(C)C)ccc1NC(=O)C1(N)CC1. The fraction of sp³-hybridized carbons (Fsp3) is 0.500. The van der Waals surface area contributed by atoms with Gasteiger partial charge in [0.05, 0.1) is 11.6 Å². The number of hydrogen-bond donors (Lipinski definition) is 2. The molecule has 0 spiro atoms. The lowest BCUT2D eigenvalue weighted by molar-refractivity contribution is -0.118. The molecule has 0 bridgehead atoms. The Morgan fingerprint density at radius 2 is 2.11 bits per heavy atom. The molecule has 1 amide bonds. The summed E-state index contributed by atoms with van der Waals surface area (Å²) < 4.78 is 5.60. The van der Waals surface area contributed by atoms with Crippen molar-refractivity contribution < 1.29 is 9.53 Å². The first kappa shape index (κ1) is 12.9. The highest BCUT2D eigenvalue weighted by molar-refractivity contribution is 6.00. The number of nitrogens with one attached hydrogen (secondary N) is 1. The van der Waals surface area contributed by atoms with Crippen LogP contribution in [0.25, 0.3) is 0 Å². The summed E-state index contributed by atoms with van der Waals surface area (Å²) in [6, 6.07) is 5.64. The van der Waals surface area contributed by atoms with Crippen LogP contribution >= 0.6 is 0 Å². The van der Waals surface area contributed by atoms with Crippen LogP contribution in [0.1, 0.15) is 32.3 Å². The van der Waals surface area contributed by atoms with E-state index < -0.39 is 5.54 Å². The minimum atomic E-state index is -0.639. The molecule has 1 aromatic carbocycles. The summed E-state index contributed by atoms with van der Waals surface area (Å²) in [5.74, 6) is 0.720. The number of carbonyl (C=O) groups excluding carboxylic acids is 1. The molecule has 18 heavy (non-hydrogen) atoms. The normalized spacial score (nSPS) is 16.5. The van der Waals surface area contributed by atoms with Gasteiger partial charge in [-0.3, -0.25) is 4.79 Å². The maximum Gasteiger partial charge on any atom is 0.244 e. The fourth-order valence-corrected chi connectivity index (χ4v) is 1.73. The van der Waals surface area contributed by atoms with Gasteiger partial charge in [0.1, 0.15) is 5.75 Å². The summed E-state index contributed by atoms with van der Waals surface area (Å²) in [5.41, 5.74) is 6.98. The van der Waals surface area contributed by atoms with Crippen molar-refractivity contribution in [3.05, 3.63) is 23.8 Å². The van der Waals surface area contributed by atoms with E-state index in [1.54, 1.807) is 0 Å². The van der Waals surface area contributed by atoms with Gasteiger partial charge in [-0.1, -0.05) is 0 Å². The van der Waals surface area contributed by atoms with Gasteiger partial charge in [0, 0.05) is 5.69 Å².